The van der Waals surface area contributed by atoms with Crippen molar-refractivity contribution < 1.29 is 52.1 Å². The molecule has 0 unspecified atom stereocenters. The van der Waals surface area contributed by atoms with E-state index in [4.69, 9.17) is 35.0 Å². The fraction of sp³-hybridized carbons (Fsp3) is 0. The molecule has 0 bridgehead atoms. The molecule has 0 rings (SSSR count). The topological polar surface area (TPSA) is 161 Å². The summed E-state index contributed by atoms with van der Waals surface area (Å²) in [6, 6.07) is 0. The molecular formula is MnO8S2. The third kappa shape index (κ3) is 10400. The first-order chi connectivity index (χ1) is 4.00. The third-order valence-corrected chi connectivity index (χ3v) is 0. The fourth-order valence-electron chi connectivity index (χ4n) is 0. The maximum atomic E-state index is 8.52. The average molecular weight is 247 g/mol. The summed E-state index contributed by atoms with van der Waals surface area (Å²) in [4.78, 5) is 0. The summed E-state index contributed by atoms with van der Waals surface area (Å²) in [6.45, 7) is 0. The van der Waals surface area contributed by atoms with Gasteiger partial charge in [-0.3, -0.25) is 16.8 Å². The van der Waals surface area contributed by atoms with Gasteiger partial charge in [0.25, 0.3) is 0 Å². The molecule has 0 amide bonds. The van der Waals surface area contributed by atoms with Crippen LogP contribution >= 0.6 is 0 Å². The van der Waals surface area contributed by atoms with Gasteiger partial charge in [-0.25, -0.2) is 0 Å². The molecule has 1 radical (unpaired) electrons. The van der Waals surface area contributed by atoms with Crippen molar-refractivity contribution in [3.05, 3.63) is 0 Å². The molecule has 0 saturated carbocycles. The standard InChI is InChI=1S/Mn.2H2O4S/c;2*1-5(2,3)4/h;2*(H2,1,2,3,4)/q+4;;/p-4. The molecule has 11 heteroatoms. The van der Waals surface area contributed by atoms with Crippen molar-refractivity contribution in [2.45, 2.75) is 0 Å². The van der Waals surface area contributed by atoms with Crippen molar-refractivity contribution in [3.63, 3.8) is 0 Å². The van der Waals surface area contributed by atoms with E-state index in [1.54, 1.807) is 0 Å². The van der Waals surface area contributed by atoms with Crippen molar-refractivity contribution in [2.75, 3.05) is 0 Å². The first-order valence-corrected chi connectivity index (χ1v) is 4.00. The third-order valence-electron chi connectivity index (χ3n) is 0. The molecule has 0 fully saturated rings. The second kappa shape index (κ2) is 5.85. The van der Waals surface area contributed by atoms with E-state index >= 15 is 0 Å². The number of hydrogen-bond donors (Lipinski definition) is 0. The zero-order valence-electron chi connectivity index (χ0n) is 4.46. The van der Waals surface area contributed by atoms with Crippen LogP contribution in [0.25, 0.3) is 0 Å². The van der Waals surface area contributed by atoms with Crippen LogP contribution in [-0.4, -0.2) is 35.0 Å². The average Bonchev–Trinajstić information content (AvgIpc) is 1.12. The summed E-state index contributed by atoms with van der Waals surface area (Å²) < 4.78 is 68.2. The van der Waals surface area contributed by atoms with Gasteiger partial charge in [0.2, 0.25) is 0 Å². The maximum absolute atomic E-state index is 8.52. The van der Waals surface area contributed by atoms with Gasteiger partial charge in [-0.05, 0) is 0 Å². The summed E-state index contributed by atoms with van der Waals surface area (Å²) in [5, 5.41) is 0. The van der Waals surface area contributed by atoms with Crippen LogP contribution in [0, 0.1) is 0 Å². The van der Waals surface area contributed by atoms with Gasteiger partial charge in [-0.15, -0.1) is 0 Å². The van der Waals surface area contributed by atoms with Crippen molar-refractivity contribution in [3.8, 4) is 0 Å². The summed E-state index contributed by atoms with van der Waals surface area (Å²) in [5.41, 5.74) is 0. The predicted octanol–water partition coefficient (Wildman–Crippen LogP) is -2.68. The molecule has 8 nitrogen and oxygen atoms in total. The van der Waals surface area contributed by atoms with E-state index < -0.39 is 20.8 Å². The van der Waals surface area contributed by atoms with E-state index in [-0.39, 0.29) is 17.1 Å². The minimum Gasteiger partial charge on any atom is -0.759 e. The molecule has 0 aliphatic rings. The molecule has 0 aliphatic heterocycles. The molecule has 11 heavy (non-hydrogen) atoms. The molecule has 0 aromatic rings. The first kappa shape index (κ1) is 17.4. The minimum absolute atomic E-state index is 0. The molecule has 0 aromatic heterocycles. The van der Waals surface area contributed by atoms with Gasteiger partial charge < -0.3 is 18.2 Å². The summed E-state index contributed by atoms with van der Waals surface area (Å²) in [6.07, 6.45) is 0. The Morgan fingerprint density at radius 1 is 0.636 bits per heavy atom. The molecule has 0 aliphatic carbocycles. The van der Waals surface area contributed by atoms with Crippen LogP contribution in [0.15, 0.2) is 0 Å². The van der Waals surface area contributed by atoms with E-state index in [0.29, 0.717) is 0 Å². The van der Waals surface area contributed by atoms with Crippen LogP contribution in [0.4, 0.5) is 0 Å². The van der Waals surface area contributed by atoms with Crippen LogP contribution < -0.4 is 0 Å². The molecule has 67 valence electrons. The summed E-state index contributed by atoms with van der Waals surface area (Å²) >= 11 is 0. The summed E-state index contributed by atoms with van der Waals surface area (Å²) in [7, 11) is -10.3. The van der Waals surface area contributed by atoms with Crippen molar-refractivity contribution in [1.82, 2.24) is 0 Å². The van der Waals surface area contributed by atoms with Crippen LogP contribution in [-0.2, 0) is 37.9 Å². The largest absolute Gasteiger partial charge is 4.00 e. The molecule has 0 heterocycles. The monoisotopic (exact) mass is 247 g/mol. The maximum Gasteiger partial charge on any atom is 4.00 e. The van der Waals surface area contributed by atoms with E-state index in [0.717, 1.165) is 0 Å². The van der Waals surface area contributed by atoms with E-state index in [9.17, 15) is 0 Å². The van der Waals surface area contributed by atoms with Gasteiger partial charge >= 0.3 is 17.1 Å². The Morgan fingerprint density at radius 2 is 0.636 bits per heavy atom. The van der Waals surface area contributed by atoms with Crippen LogP contribution in [0.3, 0.4) is 0 Å². The number of rotatable bonds is 0. The SMILES string of the molecule is O=S(=O)([O-])[O-].O=S(=O)([O-])[O-].[Mn+4]. The van der Waals surface area contributed by atoms with Crippen LogP contribution in [0.1, 0.15) is 0 Å². The van der Waals surface area contributed by atoms with Gasteiger partial charge in [0, 0.05) is 20.8 Å². The zero-order valence-corrected chi connectivity index (χ0v) is 7.27. The van der Waals surface area contributed by atoms with Crippen molar-refractivity contribution in [1.29, 1.82) is 0 Å². The quantitative estimate of drug-likeness (QED) is 0.254. The second-order valence-corrected chi connectivity index (χ2v) is 2.45. The van der Waals surface area contributed by atoms with Crippen molar-refractivity contribution >= 4 is 20.8 Å². The van der Waals surface area contributed by atoms with E-state index in [2.05, 4.69) is 0 Å². The minimum atomic E-state index is -5.17. The Labute approximate surface area is 73.2 Å². The zero-order chi connectivity index (χ0) is 9.00. The Hall–Kier alpha value is 0.259. The fourth-order valence-corrected chi connectivity index (χ4v) is 0. The van der Waals surface area contributed by atoms with Gasteiger partial charge in [0.1, 0.15) is 0 Å². The van der Waals surface area contributed by atoms with Gasteiger partial charge in [-0.2, -0.15) is 0 Å². The van der Waals surface area contributed by atoms with Crippen molar-refractivity contribution in [2.24, 2.45) is 0 Å². The molecule has 0 saturated heterocycles. The predicted molar refractivity (Wildman–Crippen MR) is 20.9 cm³/mol. The molecule has 0 spiro atoms. The van der Waals surface area contributed by atoms with Gasteiger partial charge in [0.05, 0.1) is 0 Å². The molecule has 0 atom stereocenters. The van der Waals surface area contributed by atoms with Gasteiger partial charge in [0.15, 0.2) is 0 Å². The van der Waals surface area contributed by atoms with E-state index in [1.807, 2.05) is 0 Å². The smallest absolute Gasteiger partial charge is 0.759 e. The Bertz CT molecular complexity index is 208. The molecule has 0 aromatic carbocycles. The van der Waals surface area contributed by atoms with Crippen LogP contribution in [0.2, 0.25) is 0 Å². The Morgan fingerprint density at radius 3 is 0.636 bits per heavy atom. The molecule has 0 N–H and O–H groups in total. The van der Waals surface area contributed by atoms with Gasteiger partial charge in [-0.1, -0.05) is 0 Å². The van der Waals surface area contributed by atoms with E-state index in [1.165, 1.54) is 0 Å². The Balaban J connectivity index is -0.000000107. The summed E-state index contributed by atoms with van der Waals surface area (Å²) in [5.74, 6) is 0. The first-order valence-electron chi connectivity index (χ1n) is 1.33. The normalized spacial score (nSPS) is 10.5. The molecular weight excluding hydrogens is 247 g/mol. The Kier molecular flexibility index (Phi) is 9.24. The second-order valence-electron chi connectivity index (χ2n) is 0.816. The van der Waals surface area contributed by atoms with Crippen LogP contribution in [0.5, 0.6) is 0 Å². The number of hydrogen-bond acceptors (Lipinski definition) is 8.